The molecule has 0 radical (unpaired) electrons. The molecule has 0 atom stereocenters. The minimum absolute atomic E-state index is 0.111. The minimum atomic E-state index is -0.761. The van der Waals surface area contributed by atoms with E-state index in [9.17, 15) is 25.4 Å². The van der Waals surface area contributed by atoms with Crippen molar-refractivity contribution >= 4 is 81.9 Å². The molecule has 3 N–H and O–H groups in total. The Balaban J connectivity index is 0.943. The van der Waals surface area contributed by atoms with Crippen LogP contribution in [0.25, 0.3) is 51.5 Å². The predicted octanol–water partition coefficient (Wildman–Crippen LogP) is 17.5. The van der Waals surface area contributed by atoms with Crippen molar-refractivity contribution in [3.05, 3.63) is 311 Å². The van der Waals surface area contributed by atoms with E-state index in [4.69, 9.17) is 0 Å². The van der Waals surface area contributed by atoms with Crippen LogP contribution in [0.15, 0.2) is 217 Å². The van der Waals surface area contributed by atoms with Crippen molar-refractivity contribution in [3.8, 4) is 39.1 Å². The first-order valence-electron chi connectivity index (χ1n) is 29.1. The molecule has 4 aliphatic carbocycles. The van der Waals surface area contributed by atoms with Crippen LogP contribution in [0.1, 0.15) is 103 Å². The summed E-state index contributed by atoms with van der Waals surface area (Å²) in [5.74, 6) is -0.359. The molecule has 0 unspecified atom stereocenters. The molecule has 15 rings (SSSR count). The van der Waals surface area contributed by atoms with Gasteiger partial charge in [-0.15, -0.1) is 34.0 Å². The first-order chi connectivity index (χ1) is 42.9. The Morgan fingerprint density at radius 1 is 0.489 bits per heavy atom. The quantitative estimate of drug-likeness (QED) is 0.0908. The lowest BCUT2D eigenvalue weighted by Crippen LogP contribution is -2.30. The van der Waals surface area contributed by atoms with Gasteiger partial charge in [0.2, 0.25) is 0 Å². The van der Waals surface area contributed by atoms with E-state index in [0.717, 1.165) is 26.2 Å². The van der Waals surface area contributed by atoms with Crippen LogP contribution in [-0.2, 0) is 17.4 Å². The highest BCUT2D eigenvalue weighted by Gasteiger charge is 2.54. The zero-order valence-electron chi connectivity index (χ0n) is 48.6. The van der Waals surface area contributed by atoms with Gasteiger partial charge in [-0.2, -0.15) is 15.8 Å². The number of carbonyl (C=O) groups excluding carboxylic acids is 2. The van der Waals surface area contributed by atoms with E-state index in [-0.39, 0.29) is 22.7 Å². The van der Waals surface area contributed by atoms with Gasteiger partial charge in [-0.25, -0.2) is 0 Å². The van der Waals surface area contributed by atoms with Gasteiger partial charge in [-0.05, 0) is 125 Å². The zero-order chi connectivity index (χ0) is 60.3. The van der Waals surface area contributed by atoms with Gasteiger partial charge in [0.25, 0.3) is 0 Å². The highest BCUT2D eigenvalue weighted by molar-refractivity contribution is 7.30. The maximum absolute atomic E-state index is 14.0. The lowest BCUT2D eigenvalue weighted by molar-refractivity contribution is 0.103. The molecule has 0 bridgehead atoms. The van der Waals surface area contributed by atoms with E-state index in [2.05, 4.69) is 183 Å². The van der Waals surface area contributed by atoms with Crippen LogP contribution in [0.5, 0.6) is 0 Å². The number of allylic oxidation sites excluding steroid dienone is 6. The Kier molecular flexibility index (Phi) is 12.7. The van der Waals surface area contributed by atoms with Crippen LogP contribution in [0.4, 0.5) is 5.69 Å². The number of rotatable bonds is 10. The van der Waals surface area contributed by atoms with Gasteiger partial charge in [0.1, 0.15) is 29.5 Å². The van der Waals surface area contributed by atoms with Gasteiger partial charge in [-0.3, -0.25) is 9.59 Å². The van der Waals surface area contributed by atoms with Crippen molar-refractivity contribution < 1.29 is 9.59 Å². The molecule has 8 nitrogen and oxygen atoms in total. The summed E-state index contributed by atoms with van der Waals surface area (Å²) in [6.45, 7) is 9.05. The number of benzene rings is 8. The monoisotopic (exact) mass is 1190 g/mol. The molecule has 0 saturated carbocycles. The number of ketones is 2. The standard InChI is InChI=1S/C77H52N6O2S3/c1-42-14-22-47(23-15-42)76(48-24-16-43(2)17-25-48)62-35-59-63(34-58(62)73-69(76)57-31-30-51(32-65(57)87-73)83-41-61-67(46(36-78)37-79)53-10-6-8-12-55(53)72(61)85)77(49-26-18-44(3)19-27-49,50-28-20-45(4)21-29-50)70-74(59)88-66-33-52(86-75(66)70)39-82-40-60-68(64(38-80)81-5)54-11-7-9-13-56(54)71(60)84/h6-35,40-41,81-83H,39H2,1-5H3/b60-40-,61-41-,68-64-. The molecule has 3 aromatic heterocycles. The van der Waals surface area contributed by atoms with Crippen molar-refractivity contribution in [1.29, 1.82) is 15.8 Å². The molecule has 0 saturated heterocycles. The Morgan fingerprint density at radius 2 is 0.955 bits per heavy atom. The Hall–Kier alpha value is -10.5. The van der Waals surface area contributed by atoms with E-state index in [0.29, 0.717) is 45.7 Å². The summed E-state index contributed by atoms with van der Waals surface area (Å²) in [5, 5.41) is 41.5. The Labute approximate surface area is 521 Å². The highest BCUT2D eigenvalue weighted by atomic mass is 32.1. The minimum Gasteiger partial charge on any atom is -0.385 e. The molecule has 11 aromatic rings. The number of thiophene rings is 3. The fourth-order valence-corrected chi connectivity index (χ4v) is 18.2. The Morgan fingerprint density at radius 3 is 1.45 bits per heavy atom. The molecule has 4 aliphatic rings. The summed E-state index contributed by atoms with van der Waals surface area (Å²) in [6.07, 6.45) is 3.43. The molecule has 420 valence electrons. The second-order valence-electron chi connectivity index (χ2n) is 23.1. The predicted molar refractivity (Wildman–Crippen MR) is 357 cm³/mol. The normalized spacial score (nSPS) is 16.0. The second-order valence-corrected chi connectivity index (χ2v) is 26.4. The molecule has 0 fully saturated rings. The maximum atomic E-state index is 14.0. The first-order valence-corrected chi connectivity index (χ1v) is 31.5. The maximum Gasteiger partial charge on any atom is 0.195 e. The molecule has 88 heavy (non-hydrogen) atoms. The Bertz CT molecular complexity index is 5030. The molecule has 3 heterocycles. The van der Waals surface area contributed by atoms with E-state index >= 15 is 0 Å². The van der Waals surface area contributed by atoms with E-state index in [1.807, 2.05) is 53.8 Å². The fourth-order valence-electron chi connectivity index (χ4n) is 14.1. The molecule has 8 aromatic carbocycles. The van der Waals surface area contributed by atoms with Crippen molar-refractivity contribution in [2.24, 2.45) is 0 Å². The lowest BCUT2D eigenvalue weighted by atomic mass is 9.65. The number of hydrogen-bond acceptors (Lipinski definition) is 11. The van der Waals surface area contributed by atoms with Crippen LogP contribution in [0.2, 0.25) is 0 Å². The van der Waals surface area contributed by atoms with Crippen molar-refractivity contribution in [3.63, 3.8) is 0 Å². The summed E-state index contributed by atoms with van der Waals surface area (Å²) in [4.78, 5) is 31.5. The molecular weight excluding hydrogens is 1140 g/mol. The molecule has 0 spiro atoms. The third kappa shape index (κ3) is 7.83. The van der Waals surface area contributed by atoms with Crippen molar-refractivity contribution in [2.45, 2.75) is 45.1 Å². The van der Waals surface area contributed by atoms with Gasteiger partial charge in [0.15, 0.2) is 11.6 Å². The van der Waals surface area contributed by atoms with Crippen LogP contribution in [0.3, 0.4) is 0 Å². The fraction of sp³-hybridized carbons (Fsp3) is 0.104. The largest absolute Gasteiger partial charge is 0.385 e. The first kappa shape index (κ1) is 54.2. The number of aryl methyl sites for hydroxylation is 4. The van der Waals surface area contributed by atoms with Gasteiger partial charge in [-0.1, -0.05) is 174 Å². The molecular formula is C77H52N6O2S3. The molecule has 11 heteroatoms. The van der Waals surface area contributed by atoms with Gasteiger partial charge >= 0.3 is 0 Å². The summed E-state index contributed by atoms with van der Waals surface area (Å²) in [6, 6.07) is 71.2. The summed E-state index contributed by atoms with van der Waals surface area (Å²) in [5.41, 5.74) is 20.2. The average Bonchev–Trinajstić information content (AvgIpc) is 1.50. The van der Waals surface area contributed by atoms with E-state index < -0.39 is 10.8 Å². The number of nitrogens with zero attached hydrogens (tertiary/aromatic N) is 3. The number of Topliss-reactive ketones (excluding diaryl/α,β-unsaturated/α-hetero) is 2. The summed E-state index contributed by atoms with van der Waals surface area (Å²) < 4.78 is 3.48. The van der Waals surface area contributed by atoms with E-state index in [1.165, 1.54) is 97.0 Å². The number of fused-ring (bicyclic) bond motifs is 12. The third-order valence-corrected chi connectivity index (χ3v) is 21.8. The molecule has 0 amide bonds. The van der Waals surface area contributed by atoms with Crippen LogP contribution in [0, 0.1) is 61.7 Å². The lowest BCUT2D eigenvalue weighted by Gasteiger charge is -2.36. The highest BCUT2D eigenvalue weighted by Crippen LogP contribution is 2.67. The van der Waals surface area contributed by atoms with E-state index in [1.54, 1.807) is 60.3 Å². The number of hydrogen-bond donors (Lipinski definition) is 3. The number of nitriles is 3. The van der Waals surface area contributed by atoms with Crippen molar-refractivity contribution in [2.75, 3.05) is 12.4 Å². The SMILES string of the molecule is CN/C(C#N)=C1\C(=C\NCc2cc3sc4c(c3s2)C(c2ccc(C)cc2)(c2ccc(C)cc2)c2cc3c(cc2-4)C(c2ccc(C)cc2)(c2ccc(C)cc2)c2c-3sc3cc(N/C=C4\C(=O)c5ccccc5C4=C(C#N)C#N)ccc23)C(=O)c2ccccc21. The third-order valence-electron chi connectivity index (χ3n) is 18.1. The van der Waals surface area contributed by atoms with Gasteiger partial charge < -0.3 is 16.0 Å². The van der Waals surface area contributed by atoms with Crippen LogP contribution < -0.4 is 16.0 Å². The van der Waals surface area contributed by atoms with Crippen molar-refractivity contribution in [1.82, 2.24) is 10.6 Å². The smallest absolute Gasteiger partial charge is 0.195 e. The molecule has 0 aliphatic heterocycles. The van der Waals surface area contributed by atoms with Gasteiger partial charge in [0.05, 0.1) is 15.5 Å². The topological polar surface area (TPSA) is 142 Å². The summed E-state index contributed by atoms with van der Waals surface area (Å²) in [7, 11) is 1.71. The average molecular weight is 1190 g/mol. The van der Waals surface area contributed by atoms with Crippen LogP contribution >= 0.6 is 34.0 Å². The summed E-state index contributed by atoms with van der Waals surface area (Å²) >= 11 is 5.42. The number of carbonyl (C=O) groups is 2. The number of nitrogens with one attached hydrogen (secondary N) is 3. The second kappa shape index (κ2) is 20.6. The van der Waals surface area contributed by atoms with Crippen LogP contribution in [-0.4, -0.2) is 18.6 Å². The van der Waals surface area contributed by atoms with Gasteiger partial charge in [0, 0.05) is 94.7 Å². The number of anilines is 1. The zero-order valence-corrected chi connectivity index (χ0v) is 51.0.